The van der Waals surface area contributed by atoms with Gasteiger partial charge in [-0.15, -0.1) is 11.3 Å². The van der Waals surface area contributed by atoms with Gasteiger partial charge in [-0.25, -0.2) is 4.79 Å². The molecule has 0 spiro atoms. The number of thiophene rings is 1. The molecule has 0 unspecified atom stereocenters. The molecular weight excluding hydrogens is 625 g/mol. The van der Waals surface area contributed by atoms with Gasteiger partial charge in [0.15, 0.2) is 0 Å². The number of amidine groups is 1. The van der Waals surface area contributed by atoms with Crippen LogP contribution in [0.1, 0.15) is 61.6 Å². The fourth-order valence-corrected chi connectivity index (χ4v) is 5.52. The van der Waals surface area contributed by atoms with E-state index in [2.05, 4.69) is 10.3 Å². The van der Waals surface area contributed by atoms with Gasteiger partial charge in [-0.3, -0.25) is 24.3 Å². The maximum atomic E-state index is 13.3. The van der Waals surface area contributed by atoms with E-state index in [0.29, 0.717) is 20.8 Å². The second-order valence-electron chi connectivity index (χ2n) is 9.78. The first-order valence-corrected chi connectivity index (χ1v) is 14.4. The Bertz CT molecular complexity index is 1600. The highest BCUT2D eigenvalue weighted by molar-refractivity contribution is 7.18. The number of halogens is 4. The van der Waals surface area contributed by atoms with Crippen molar-refractivity contribution in [3.05, 3.63) is 80.5 Å². The number of ether oxygens (including phenoxy) is 1. The third kappa shape index (κ3) is 8.14. The molecule has 2 aliphatic rings. The number of hydrogen-bond acceptors (Lipinski definition) is 7. The SMILES string of the molecule is NC(COc1cccc(CN2C(=O)c3cccc(NC(=O)c4ccc(Cl)s4)c3C2=O)c1)=NC1CCCC1.O=C(O)C(F)(F)F. The summed E-state index contributed by atoms with van der Waals surface area (Å²) in [5.41, 5.74) is 7.45. The van der Waals surface area contributed by atoms with Crippen molar-refractivity contribution >= 4 is 58.2 Å². The van der Waals surface area contributed by atoms with Crippen molar-refractivity contribution in [1.82, 2.24) is 4.90 Å². The molecule has 3 aromatic rings. The number of imide groups is 1. The molecule has 2 heterocycles. The number of carbonyl (C=O) groups excluding carboxylic acids is 3. The molecule has 1 aromatic heterocycles. The van der Waals surface area contributed by atoms with E-state index in [9.17, 15) is 27.6 Å². The maximum absolute atomic E-state index is 13.3. The standard InChI is InChI=1S/C27H25ClN4O4S.C2HF3O2/c28-22-12-11-21(37-22)25(33)31-20-10-4-9-19-24(20)27(35)32(26(19)34)14-16-5-3-8-18(13-16)36-15-23(29)30-17-6-1-2-7-17;3-2(4,5)1(6)7/h3-5,8-13,17H,1-2,6-7,14-15H2,(H2,29,30)(H,31,33);(H,6,7). The van der Waals surface area contributed by atoms with Crippen molar-refractivity contribution in [2.45, 2.75) is 44.4 Å². The Labute approximate surface area is 258 Å². The van der Waals surface area contributed by atoms with Gasteiger partial charge in [0, 0.05) is 0 Å². The summed E-state index contributed by atoms with van der Waals surface area (Å²) in [4.78, 5) is 54.0. The minimum atomic E-state index is -5.08. The van der Waals surface area contributed by atoms with Crippen molar-refractivity contribution < 1.29 is 42.2 Å². The molecule has 44 heavy (non-hydrogen) atoms. The second kappa shape index (κ2) is 13.9. The van der Waals surface area contributed by atoms with Gasteiger partial charge in [-0.2, -0.15) is 13.2 Å². The highest BCUT2D eigenvalue weighted by Gasteiger charge is 2.39. The van der Waals surface area contributed by atoms with Crippen molar-refractivity contribution in [3.8, 4) is 5.75 Å². The fraction of sp³-hybridized carbons (Fsp3) is 0.276. The molecule has 0 bridgehead atoms. The van der Waals surface area contributed by atoms with Gasteiger partial charge in [0.2, 0.25) is 0 Å². The highest BCUT2D eigenvalue weighted by Crippen LogP contribution is 2.32. The van der Waals surface area contributed by atoms with E-state index in [-0.39, 0.29) is 36.0 Å². The number of benzene rings is 2. The third-order valence-corrected chi connectivity index (χ3v) is 7.82. The minimum absolute atomic E-state index is 0.0586. The van der Waals surface area contributed by atoms with E-state index in [1.807, 2.05) is 6.07 Å². The maximum Gasteiger partial charge on any atom is 0.490 e. The lowest BCUT2D eigenvalue weighted by atomic mass is 10.1. The molecule has 15 heteroatoms. The van der Waals surface area contributed by atoms with Crippen LogP contribution < -0.4 is 15.8 Å². The number of aliphatic imine (C=N–C) groups is 1. The largest absolute Gasteiger partial charge is 0.490 e. The van der Waals surface area contributed by atoms with Gasteiger partial charge in [-0.05, 0) is 54.8 Å². The normalized spacial score (nSPS) is 15.1. The second-order valence-corrected chi connectivity index (χ2v) is 11.5. The van der Waals surface area contributed by atoms with Crippen molar-refractivity contribution in [2.24, 2.45) is 10.7 Å². The first-order valence-electron chi connectivity index (χ1n) is 13.2. The van der Waals surface area contributed by atoms with Crippen molar-refractivity contribution in [1.29, 1.82) is 0 Å². The molecule has 1 aliphatic heterocycles. The number of fused-ring (bicyclic) bond motifs is 1. The van der Waals surface area contributed by atoms with Crippen LogP contribution in [0.2, 0.25) is 4.34 Å². The molecule has 0 radical (unpaired) electrons. The summed E-state index contributed by atoms with van der Waals surface area (Å²) in [5.74, 6) is -3.02. The lowest BCUT2D eigenvalue weighted by Crippen LogP contribution is -2.29. The zero-order valence-corrected chi connectivity index (χ0v) is 24.5. The Morgan fingerprint density at radius 3 is 2.41 bits per heavy atom. The topological polar surface area (TPSA) is 151 Å². The van der Waals surface area contributed by atoms with Gasteiger partial charge < -0.3 is 20.9 Å². The number of hydrogen-bond donors (Lipinski definition) is 3. The molecule has 4 N–H and O–H groups in total. The molecule has 0 saturated heterocycles. The lowest BCUT2D eigenvalue weighted by molar-refractivity contribution is -0.192. The van der Waals surface area contributed by atoms with Gasteiger partial charge in [-0.1, -0.05) is 42.6 Å². The molecule has 1 fully saturated rings. The van der Waals surface area contributed by atoms with Crippen LogP contribution in [0.15, 0.2) is 59.6 Å². The Morgan fingerprint density at radius 1 is 1.09 bits per heavy atom. The average Bonchev–Trinajstić information content (AvgIpc) is 3.70. The lowest BCUT2D eigenvalue weighted by Gasteiger charge is -2.15. The van der Waals surface area contributed by atoms with Crippen molar-refractivity contribution in [2.75, 3.05) is 11.9 Å². The van der Waals surface area contributed by atoms with Crippen LogP contribution in [0.5, 0.6) is 5.75 Å². The number of rotatable bonds is 8. The highest BCUT2D eigenvalue weighted by atomic mass is 35.5. The Balaban J connectivity index is 0.000000566. The number of carbonyl (C=O) groups is 4. The summed E-state index contributed by atoms with van der Waals surface area (Å²) >= 11 is 7.06. The number of alkyl halides is 3. The minimum Gasteiger partial charge on any atom is -0.486 e. The number of nitrogens with zero attached hydrogens (tertiary/aromatic N) is 2. The summed E-state index contributed by atoms with van der Waals surface area (Å²) < 4.78 is 38.0. The smallest absolute Gasteiger partial charge is 0.486 e. The number of nitrogens with two attached hydrogens (primary N) is 1. The van der Waals surface area contributed by atoms with E-state index < -0.39 is 29.9 Å². The molecule has 2 aromatic carbocycles. The predicted molar refractivity (Wildman–Crippen MR) is 157 cm³/mol. The Kier molecular flexibility index (Phi) is 10.3. The summed E-state index contributed by atoms with van der Waals surface area (Å²) in [6.07, 6.45) is -0.604. The average molecular weight is 651 g/mol. The number of carboxylic acids is 1. The van der Waals surface area contributed by atoms with Gasteiger partial charge in [0.25, 0.3) is 17.7 Å². The van der Waals surface area contributed by atoms with E-state index >= 15 is 0 Å². The Hall–Kier alpha value is -4.43. The van der Waals surface area contributed by atoms with Crippen LogP contribution in [-0.4, -0.2) is 58.4 Å². The first-order chi connectivity index (χ1) is 20.8. The number of aliphatic carboxylic acids is 1. The molecule has 10 nitrogen and oxygen atoms in total. The molecule has 5 rings (SSSR count). The molecule has 3 amide bonds. The first kappa shape index (κ1) is 32.5. The van der Waals surface area contributed by atoms with Crippen LogP contribution in [0, 0.1) is 0 Å². The van der Waals surface area contributed by atoms with Crippen LogP contribution in [0.25, 0.3) is 0 Å². The fourth-order valence-electron chi connectivity index (χ4n) is 4.58. The summed E-state index contributed by atoms with van der Waals surface area (Å²) in [5, 5.41) is 9.86. The van der Waals surface area contributed by atoms with Gasteiger partial charge in [0.05, 0.1) is 38.6 Å². The van der Waals surface area contributed by atoms with Crippen molar-refractivity contribution in [3.63, 3.8) is 0 Å². The third-order valence-electron chi connectivity index (χ3n) is 6.59. The predicted octanol–water partition coefficient (Wildman–Crippen LogP) is 5.76. The number of nitrogens with one attached hydrogen (secondary N) is 1. The molecule has 1 aliphatic carbocycles. The van der Waals surface area contributed by atoms with Crippen LogP contribution in [-0.2, 0) is 11.3 Å². The number of anilines is 1. The molecule has 0 atom stereocenters. The summed E-state index contributed by atoms with van der Waals surface area (Å²) in [6, 6.07) is 15.5. The van der Waals surface area contributed by atoms with Crippen LogP contribution >= 0.6 is 22.9 Å². The quantitative estimate of drug-likeness (QED) is 0.159. The van der Waals surface area contributed by atoms with Gasteiger partial charge >= 0.3 is 12.1 Å². The number of amides is 3. The molecule has 232 valence electrons. The zero-order valence-electron chi connectivity index (χ0n) is 22.9. The Morgan fingerprint density at radius 2 is 1.77 bits per heavy atom. The van der Waals surface area contributed by atoms with E-state index in [1.54, 1.807) is 48.5 Å². The van der Waals surface area contributed by atoms with Crippen LogP contribution in [0.4, 0.5) is 18.9 Å². The number of carboxylic acid groups (broad SMARTS) is 1. The van der Waals surface area contributed by atoms with E-state index in [4.69, 9.17) is 32.0 Å². The summed E-state index contributed by atoms with van der Waals surface area (Å²) in [7, 11) is 0. The summed E-state index contributed by atoms with van der Waals surface area (Å²) in [6.45, 7) is 0.231. The van der Waals surface area contributed by atoms with Gasteiger partial charge in [0.1, 0.15) is 18.2 Å². The molecule has 1 saturated carbocycles. The monoisotopic (exact) mass is 650 g/mol. The zero-order chi connectivity index (χ0) is 32.0. The van der Waals surface area contributed by atoms with Crippen LogP contribution in [0.3, 0.4) is 0 Å². The van der Waals surface area contributed by atoms with E-state index in [0.717, 1.165) is 34.6 Å². The molecular formula is C29H26ClF3N4O6S. The van der Waals surface area contributed by atoms with E-state index in [1.165, 1.54) is 12.8 Å².